The van der Waals surface area contributed by atoms with Gasteiger partial charge in [0.2, 0.25) is 0 Å². The Bertz CT molecular complexity index is 396. The van der Waals surface area contributed by atoms with Crippen LogP contribution in [0.1, 0.15) is 12.0 Å². The second kappa shape index (κ2) is 5.80. The number of hydrogen-bond acceptors (Lipinski definition) is 3. The Morgan fingerprint density at radius 2 is 2.12 bits per heavy atom. The van der Waals surface area contributed by atoms with Crippen LogP contribution in [0.15, 0.2) is 24.3 Å². The van der Waals surface area contributed by atoms with E-state index in [0.717, 1.165) is 5.56 Å². The molecular weight excluding hydrogens is 208 g/mol. The quantitative estimate of drug-likeness (QED) is 0.829. The maximum Gasteiger partial charge on any atom is 0.307 e. The minimum atomic E-state index is -0.863. The SMILES string of the molecule is COc1ccc(OC)c(C=CCC(=O)O)c1. The Balaban J connectivity index is 2.90. The van der Waals surface area contributed by atoms with Crippen LogP contribution in [-0.4, -0.2) is 25.3 Å². The second-order valence-corrected chi connectivity index (χ2v) is 3.11. The summed E-state index contributed by atoms with van der Waals surface area (Å²) in [6.07, 6.45) is 3.26. The Morgan fingerprint density at radius 1 is 1.38 bits per heavy atom. The van der Waals surface area contributed by atoms with E-state index in [1.165, 1.54) is 0 Å². The number of carbonyl (C=O) groups is 1. The molecule has 0 bridgehead atoms. The molecule has 1 rings (SSSR count). The van der Waals surface area contributed by atoms with Crippen LogP contribution in [0.3, 0.4) is 0 Å². The van der Waals surface area contributed by atoms with Crippen molar-refractivity contribution in [1.29, 1.82) is 0 Å². The zero-order valence-corrected chi connectivity index (χ0v) is 9.27. The predicted octanol–water partition coefficient (Wildman–Crippen LogP) is 2.19. The van der Waals surface area contributed by atoms with Crippen LogP contribution >= 0.6 is 0 Å². The first-order valence-electron chi connectivity index (χ1n) is 4.77. The molecule has 1 aromatic carbocycles. The van der Waals surface area contributed by atoms with Gasteiger partial charge in [0.25, 0.3) is 0 Å². The zero-order chi connectivity index (χ0) is 12.0. The second-order valence-electron chi connectivity index (χ2n) is 3.11. The van der Waals surface area contributed by atoms with Crippen molar-refractivity contribution in [3.63, 3.8) is 0 Å². The summed E-state index contributed by atoms with van der Waals surface area (Å²) in [5.74, 6) is 0.524. The van der Waals surface area contributed by atoms with Crippen LogP contribution < -0.4 is 9.47 Å². The number of ether oxygens (including phenoxy) is 2. The summed E-state index contributed by atoms with van der Waals surface area (Å²) in [5, 5.41) is 8.51. The molecule has 4 nitrogen and oxygen atoms in total. The Labute approximate surface area is 94.1 Å². The molecule has 0 aliphatic rings. The lowest BCUT2D eigenvalue weighted by molar-refractivity contribution is -0.135. The number of hydrogen-bond donors (Lipinski definition) is 1. The van der Waals surface area contributed by atoms with Gasteiger partial charge in [-0.2, -0.15) is 0 Å². The molecule has 0 aliphatic heterocycles. The predicted molar refractivity (Wildman–Crippen MR) is 60.8 cm³/mol. The van der Waals surface area contributed by atoms with Crippen molar-refractivity contribution in [1.82, 2.24) is 0 Å². The molecule has 0 spiro atoms. The van der Waals surface area contributed by atoms with Gasteiger partial charge in [0.1, 0.15) is 11.5 Å². The molecule has 1 N–H and O–H groups in total. The average molecular weight is 222 g/mol. The van der Waals surface area contributed by atoms with Crippen molar-refractivity contribution in [3.05, 3.63) is 29.8 Å². The molecule has 1 aromatic rings. The van der Waals surface area contributed by atoms with E-state index in [4.69, 9.17) is 14.6 Å². The minimum Gasteiger partial charge on any atom is -0.497 e. The first-order chi connectivity index (χ1) is 7.67. The van der Waals surface area contributed by atoms with E-state index in [9.17, 15) is 4.79 Å². The first kappa shape index (κ1) is 12.1. The van der Waals surface area contributed by atoms with Crippen LogP contribution in [0.25, 0.3) is 6.08 Å². The highest BCUT2D eigenvalue weighted by Crippen LogP contribution is 2.25. The highest BCUT2D eigenvalue weighted by atomic mass is 16.5. The van der Waals surface area contributed by atoms with E-state index < -0.39 is 5.97 Å². The number of aliphatic carboxylic acids is 1. The van der Waals surface area contributed by atoms with Crippen molar-refractivity contribution >= 4 is 12.0 Å². The highest BCUT2D eigenvalue weighted by molar-refractivity contribution is 5.71. The van der Waals surface area contributed by atoms with Crippen molar-refractivity contribution in [2.24, 2.45) is 0 Å². The normalized spacial score (nSPS) is 10.4. The number of methoxy groups -OCH3 is 2. The van der Waals surface area contributed by atoms with Crippen molar-refractivity contribution in [3.8, 4) is 11.5 Å². The van der Waals surface area contributed by atoms with E-state index in [1.54, 1.807) is 44.6 Å². The van der Waals surface area contributed by atoms with Gasteiger partial charge < -0.3 is 14.6 Å². The number of benzene rings is 1. The fourth-order valence-electron chi connectivity index (χ4n) is 1.26. The van der Waals surface area contributed by atoms with Crippen molar-refractivity contribution in [2.45, 2.75) is 6.42 Å². The molecule has 0 amide bonds. The molecule has 0 fully saturated rings. The average Bonchev–Trinajstić information content (AvgIpc) is 2.28. The molecule has 4 heteroatoms. The minimum absolute atomic E-state index is 0.0135. The monoisotopic (exact) mass is 222 g/mol. The number of carboxylic acid groups (broad SMARTS) is 1. The number of rotatable bonds is 5. The van der Waals surface area contributed by atoms with Crippen LogP contribution in [0.2, 0.25) is 0 Å². The van der Waals surface area contributed by atoms with Gasteiger partial charge in [-0.15, -0.1) is 0 Å². The molecule has 0 aromatic heterocycles. The largest absolute Gasteiger partial charge is 0.497 e. The van der Waals surface area contributed by atoms with E-state index in [0.29, 0.717) is 11.5 Å². The van der Waals surface area contributed by atoms with Crippen LogP contribution in [0.5, 0.6) is 11.5 Å². The Kier molecular flexibility index (Phi) is 4.39. The molecule has 86 valence electrons. The lowest BCUT2D eigenvalue weighted by Crippen LogP contribution is -1.91. The maximum absolute atomic E-state index is 10.4. The summed E-state index contributed by atoms with van der Waals surface area (Å²) in [5.41, 5.74) is 0.795. The van der Waals surface area contributed by atoms with Gasteiger partial charge in [-0.3, -0.25) is 4.79 Å². The molecule has 0 saturated carbocycles. The number of carboxylic acids is 1. The van der Waals surface area contributed by atoms with E-state index in [1.807, 2.05) is 0 Å². The summed E-state index contributed by atoms with van der Waals surface area (Å²) in [7, 11) is 3.14. The maximum atomic E-state index is 10.4. The highest BCUT2D eigenvalue weighted by Gasteiger charge is 2.01. The topological polar surface area (TPSA) is 55.8 Å². The lowest BCUT2D eigenvalue weighted by atomic mass is 10.1. The Hall–Kier alpha value is -1.97. The smallest absolute Gasteiger partial charge is 0.307 e. The van der Waals surface area contributed by atoms with Gasteiger partial charge in [-0.25, -0.2) is 0 Å². The van der Waals surface area contributed by atoms with Crippen LogP contribution in [0.4, 0.5) is 0 Å². The summed E-state index contributed by atoms with van der Waals surface area (Å²) >= 11 is 0. The third-order valence-corrected chi connectivity index (χ3v) is 2.03. The fourth-order valence-corrected chi connectivity index (χ4v) is 1.26. The van der Waals surface area contributed by atoms with E-state index in [-0.39, 0.29) is 6.42 Å². The Morgan fingerprint density at radius 3 is 2.69 bits per heavy atom. The van der Waals surface area contributed by atoms with Gasteiger partial charge in [0, 0.05) is 5.56 Å². The van der Waals surface area contributed by atoms with Crippen LogP contribution in [-0.2, 0) is 4.79 Å². The molecule has 0 atom stereocenters. The summed E-state index contributed by atoms with van der Waals surface area (Å²) in [6, 6.07) is 5.35. The van der Waals surface area contributed by atoms with Gasteiger partial charge >= 0.3 is 5.97 Å². The molecule has 0 heterocycles. The summed E-state index contributed by atoms with van der Waals surface area (Å²) < 4.78 is 10.2. The summed E-state index contributed by atoms with van der Waals surface area (Å²) in [4.78, 5) is 10.4. The molecule has 0 saturated heterocycles. The molecular formula is C12H14O4. The van der Waals surface area contributed by atoms with E-state index >= 15 is 0 Å². The van der Waals surface area contributed by atoms with Gasteiger partial charge in [0.05, 0.1) is 20.6 Å². The summed E-state index contributed by atoms with van der Waals surface area (Å²) in [6.45, 7) is 0. The van der Waals surface area contributed by atoms with E-state index in [2.05, 4.69) is 0 Å². The fraction of sp³-hybridized carbons (Fsp3) is 0.250. The molecule has 16 heavy (non-hydrogen) atoms. The van der Waals surface area contributed by atoms with Crippen LogP contribution in [0, 0.1) is 0 Å². The van der Waals surface area contributed by atoms with Gasteiger partial charge in [-0.1, -0.05) is 12.2 Å². The van der Waals surface area contributed by atoms with Gasteiger partial charge in [0.15, 0.2) is 0 Å². The van der Waals surface area contributed by atoms with Crippen molar-refractivity contribution < 1.29 is 19.4 Å². The third-order valence-electron chi connectivity index (χ3n) is 2.03. The molecule has 0 unspecified atom stereocenters. The lowest BCUT2D eigenvalue weighted by Gasteiger charge is -2.06. The molecule has 0 aliphatic carbocycles. The zero-order valence-electron chi connectivity index (χ0n) is 9.27. The first-order valence-corrected chi connectivity index (χ1v) is 4.77. The third kappa shape index (κ3) is 3.31. The van der Waals surface area contributed by atoms with Crippen molar-refractivity contribution in [2.75, 3.05) is 14.2 Å². The molecule has 0 radical (unpaired) electrons. The van der Waals surface area contributed by atoms with Gasteiger partial charge in [-0.05, 0) is 18.2 Å². The standard InChI is InChI=1S/C12H14O4/c1-15-10-6-7-11(16-2)9(8-10)4-3-5-12(13)14/h3-4,6-8H,5H2,1-2H3,(H,13,14).